The van der Waals surface area contributed by atoms with E-state index in [0.717, 1.165) is 0 Å². The molecule has 0 aliphatic heterocycles. The fourth-order valence-corrected chi connectivity index (χ4v) is 1.91. The molecule has 2 heteroatoms. The van der Waals surface area contributed by atoms with Gasteiger partial charge in [0.1, 0.15) is 11.6 Å². The van der Waals surface area contributed by atoms with Crippen molar-refractivity contribution in [2.75, 3.05) is 0 Å². The normalized spacial score (nSPS) is 11.1. The molecule has 0 aliphatic carbocycles. The van der Waals surface area contributed by atoms with Crippen LogP contribution in [0.25, 0.3) is 21.5 Å². The van der Waals surface area contributed by atoms with Crippen molar-refractivity contribution in [3.8, 4) is 0 Å². The molecule has 0 N–H and O–H groups in total. The van der Waals surface area contributed by atoms with Gasteiger partial charge < -0.3 is 0 Å². The largest absolute Gasteiger partial charge is 0.206 e. The van der Waals surface area contributed by atoms with Gasteiger partial charge in [-0.05, 0) is 46.5 Å². The number of benzene rings is 3. The van der Waals surface area contributed by atoms with Gasteiger partial charge in [-0.25, -0.2) is 8.78 Å². The smallest absolute Gasteiger partial charge is 0.131 e. The highest BCUT2D eigenvalue weighted by molar-refractivity contribution is 6.07. The SMILES string of the molecule is Fc1[c]cc2cc(F)c3c[c]ccc3c2c1. The molecule has 76 valence electrons. The number of hydrogen-bond acceptors (Lipinski definition) is 0. The summed E-state index contributed by atoms with van der Waals surface area (Å²) < 4.78 is 26.8. The molecule has 0 amide bonds. The summed E-state index contributed by atoms with van der Waals surface area (Å²) in [4.78, 5) is 0. The van der Waals surface area contributed by atoms with Crippen LogP contribution in [0.15, 0.2) is 36.4 Å². The standard InChI is InChI=1S/C14H6F2/c15-10-6-5-9-7-14(16)12-4-2-1-3-11(12)13(9)8-10/h1,3-5,7-8H. The van der Waals surface area contributed by atoms with Crippen molar-refractivity contribution in [2.24, 2.45) is 0 Å². The van der Waals surface area contributed by atoms with Crippen LogP contribution in [0.1, 0.15) is 0 Å². The van der Waals surface area contributed by atoms with Crippen LogP contribution in [0, 0.1) is 23.8 Å². The lowest BCUT2D eigenvalue weighted by Gasteiger charge is -2.04. The summed E-state index contributed by atoms with van der Waals surface area (Å²) in [6, 6.07) is 14.5. The maximum Gasteiger partial charge on any atom is 0.131 e. The van der Waals surface area contributed by atoms with E-state index in [-0.39, 0.29) is 5.82 Å². The lowest BCUT2D eigenvalue weighted by molar-refractivity contribution is 0.627. The van der Waals surface area contributed by atoms with Crippen molar-refractivity contribution in [1.29, 1.82) is 0 Å². The van der Waals surface area contributed by atoms with Gasteiger partial charge in [-0.3, -0.25) is 0 Å². The van der Waals surface area contributed by atoms with E-state index in [9.17, 15) is 8.78 Å². The molecule has 0 atom stereocenters. The predicted molar refractivity (Wildman–Crippen MR) is 59.0 cm³/mol. The first-order valence-electron chi connectivity index (χ1n) is 4.85. The van der Waals surface area contributed by atoms with Gasteiger partial charge in [-0.1, -0.05) is 12.1 Å². The van der Waals surface area contributed by atoms with Crippen molar-refractivity contribution < 1.29 is 8.78 Å². The maximum absolute atomic E-state index is 13.7. The average molecular weight is 212 g/mol. The monoisotopic (exact) mass is 212 g/mol. The van der Waals surface area contributed by atoms with Gasteiger partial charge in [0.05, 0.1) is 0 Å². The average Bonchev–Trinajstić information content (AvgIpc) is 2.31. The predicted octanol–water partition coefficient (Wildman–Crippen LogP) is 3.87. The maximum atomic E-state index is 13.7. The molecule has 16 heavy (non-hydrogen) atoms. The first-order chi connectivity index (χ1) is 7.75. The highest BCUT2D eigenvalue weighted by Gasteiger charge is 2.06. The van der Waals surface area contributed by atoms with Crippen LogP contribution in [0.4, 0.5) is 8.78 Å². The number of fused-ring (bicyclic) bond motifs is 3. The zero-order valence-electron chi connectivity index (χ0n) is 8.22. The molecule has 0 saturated heterocycles. The van der Waals surface area contributed by atoms with Gasteiger partial charge in [0.25, 0.3) is 0 Å². The van der Waals surface area contributed by atoms with Gasteiger partial charge in [0, 0.05) is 11.5 Å². The first-order valence-corrected chi connectivity index (χ1v) is 4.85. The Kier molecular flexibility index (Phi) is 1.90. The van der Waals surface area contributed by atoms with E-state index in [4.69, 9.17) is 0 Å². The fraction of sp³-hybridized carbons (Fsp3) is 0. The Morgan fingerprint density at radius 1 is 0.938 bits per heavy atom. The Balaban J connectivity index is 2.61. The van der Waals surface area contributed by atoms with Crippen LogP contribution < -0.4 is 0 Å². The van der Waals surface area contributed by atoms with Crippen LogP contribution in [0.2, 0.25) is 0 Å². The Morgan fingerprint density at radius 2 is 1.81 bits per heavy atom. The third kappa shape index (κ3) is 1.27. The highest BCUT2D eigenvalue weighted by Crippen LogP contribution is 2.27. The summed E-state index contributed by atoms with van der Waals surface area (Å²) in [6.45, 7) is 0. The second kappa shape index (κ2) is 3.27. The second-order valence-corrected chi connectivity index (χ2v) is 3.61. The van der Waals surface area contributed by atoms with Crippen molar-refractivity contribution in [2.45, 2.75) is 0 Å². The molecular formula is C14H6F2. The third-order valence-electron chi connectivity index (χ3n) is 2.64. The van der Waals surface area contributed by atoms with E-state index in [1.807, 2.05) is 0 Å². The zero-order valence-corrected chi connectivity index (χ0v) is 8.22. The lowest BCUT2D eigenvalue weighted by Crippen LogP contribution is -1.84. The Bertz CT molecular complexity index is 687. The van der Waals surface area contributed by atoms with E-state index in [1.165, 1.54) is 18.2 Å². The zero-order chi connectivity index (χ0) is 11.1. The van der Waals surface area contributed by atoms with E-state index in [2.05, 4.69) is 12.1 Å². The number of hydrogen-bond donors (Lipinski definition) is 0. The molecule has 0 aromatic heterocycles. The minimum Gasteiger partial charge on any atom is -0.206 e. The summed E-state index contributed by atoms with van der Waals surface area (Å²) in [5.41, 5.74) is 0. The first kappa shape index (κ1) is 9.28. The Morgan fingerprint density at radius 3 is 2.69 bits per heavy atom. The van der Waals surface area contributed by atoms with E-state index in [0.29, 0.717) is 21.5 Å². The van der Waals surface area contributed by atoms with Gasteiger partial charge in [-0.2, -0.15) is 0 Å². The van der Waals surface area contributed by atoms with Crippen molar-refractivity contribution in [3.05, 3.63) is 60.2 Å². The molecule has 0 fully saturated rings. The van der Waals surface area contributed by atoms with Crippen LogP contribution >= 0.6 is 0 Å². The molecular weight excluding hydrogens is 206 g/mol. The van der Waals surface area contributed by atoms with Crippen LogP contribution in [-0.4, -0.2) is 0 Å². The second-order valence-electron chi connectivity index (χ2n) is 3.61. The topological polar surface area (TPSA) is 0 Å². The molecule has 0 nitrogen and oxygen atoms in total. The minimum atomic E-state index is -0.437. The van der Waals surface area contributed by atoms with Crippen LogP contribution in [-0.2, 0) is 0 Å². The summed E-state index contributed by atoms with van der Waals surface area (Å²) >= 11 is 0. The molecule has 0 aliphatic rings. The van der Waals surface area contributed by atoms with Gasteiger partial charge >= 0.3 is 0 Å². The third-order valence-corrected chi connectivity index (χ3v) is 2.64. The van der Waals surface area contributed by atoms with Crippen LogP contribution in [0.3, 0.4) is 0 Å². The van der Waals surface area contributed by atoms with E-state index < -0.39 is 5.82 Å². The molecule has 0 spiro atoms. The molecule has 0 saturated carbocycles. The van der Waals surface area contributed by atoms with Crippen molar-refractivity contribution in [1.82, 2.24) is 0 Å². The summed E-state index contributed by atoms with van der Waals surface area (Å²) in [5, 5.41) is 2.50. The summed E-state index contributed by atoms with van der Waals surface area (Å²) in [5.74, 6) is -0.757. The van der Waals surface area contributed by atoms with Crippen LogP contribution in [0.5, 0.6) is 0 Å². The highest BCUT2D eigenvalue weighted by atomic mass is 19.1. The number of rotatable bonds is 0. The van der Waals surface area contributed by atoms with Crippen molar-refractivity contribution >= 4 is 21.5 Å². The minimum absolute atomic E-state index is 0.320. The summed E-state index contributed by atoms with van der Waals surface area (Å²) in [7, 11) is 0. The quantitative estimate of drug-likeness (QED) is 0.496. The van der Waals surface area contributed by atoms with E-state index >= 15 is 0 Å². The molecule has 0 heterocycles. The van der Waals surface area contributed by atoms with Gasteiger partial charge in [-0.15, -0.1) is 0 Å². The van der Waals surface area contributed by atoms with Gasteiger partial charge in [0.2, 0.25) is 0 Å². The lowest BCUT2D eigenvalue weighted by atomic mass is 10.0. The summed E-state index contributed by atoms with van der Waals surface area (Å²) in [6.07, 6.45) is 0. The molecule has 2 radical (unpaired) electrons. The fourth-order valence-electron chi connectivity index (χ4n) is 1.91. The Labute approximate surface area is 91.1 Å². The molecule has 3 aromatic rings. The molecule has 0 unspecified atom stereocenters. The number of halogens is 2. The Hall–Kier alpha value is -1.96. The van der Waals surface area contributed by atoms with E-state index in [1.54, 1.807) is 18.2 Å². The van der Waals surface area contributed by atoms with Gasteiger partial charge in [0.15, 0.2) is 0 Å². The molecule has 3 rings (SSSR count). The molecule has 3 aromatic carbocycles. The molecule has 0 bridgehead atoms. The van der Waals surface area contributed by atoms with Crippen molar-refractivity contribution in [3.63, 3.8) is 0 Å².